The maximum Gasteiger partial charge on any atom is 0.248 e. The van der Waals surface area contributed by atoms with E-state index in [1.165, 1.54) is 13.4 Å². The van der Waals surface area contributed by atoms with Crippen LogP contribution in [0.25, 0.3) is 10.9 Å². The van der Waals surface area contributed by atoms with Crippen LogP contribution in [0.5, 0.6) is 0 Å². The van der Waals surface area contributed by atoms with Gasteiger partial charge in [0.15, 0.2) is 0 Å². The molecule has 9 nitrogen and oxygen atoms in total. The Kier molecular flexibility index (Phi) is 6.90. The van der Waals surface area contributed by atoms with E-state index in [1.54, 1.807) is 34.1 Å². The van der Waals surface area contributed by atoms with Crippen LogP contribution in [0.1, 0.15) is 5.56 Å². The summed E-state index contributed by atoms with van der Waals surface area (Å²) in [5, 5.41) is 4.47. The number of fused-ring (bicyclic) bond motifs is 1. The fourth-order valence-corrected chi connectivity index (χ4v) is 4.03. The predicted octanol–water partition coefficient (Wildman–Crippen LogP) is 2.16. The molecule has 3 N–H and O–H groups in total. The molecule has 172 valence electrons. The number of hydrogen-bond donors (Lipinski definition) is 2. The number of nitrogens with one attached hydrogen (secondary N) is 1. The van der Waals surface area contributed by atoms with Gasteiger partial charge in [-0.1, -0.05) is 17.7 Å². The Labute approximate surface area is 196 Å². The van der Waals surface area contributed by atoms with Crippen LogP contribution in [-0.2, 0) is 20.9 Å². The van der Waals surface area contributed by atoms with E-state index >= 15 is 0 Å². The highest BCUT2D eigenvalue weighted by molar-refractivity contribution is 6.30. The lowest BCUT2D eigenvalue weighted by molar-refractivity contribution is -0.153. The number of nitrogens with two attached hydrogens (primary N) is 1. The van der Waals surface area contributed by atoms with Crippen LogP contribution in [0.2, 0.25) is 5.02 Å². The maximum absolute atomic E-state index is 13.2. The zero-order chi connectivity index (χ0) is 23.4. The molecular formula is C23H25ClN6O3. The van der Waals surface area contributed by atoms with Crippen molar-refractivity contribution in [2.24, 2.45) is 0 Å². The molecule has 1 atom stereocenters. The number of ether oxygens (including phenoxy) is 1. The number of piperazine rings is 1. The van der Waals surface area contributed by atoms with Gasteiger partial charge in [0.05, 0.1) is 18.7 Å². The summed E-state index contributed by atoms with van der Waals surface area (Å²) in [6, 6.07) is 12.1. The molecule has 1 fully saturated rings. The molecule has 4 rings (SSSR count). The number of nitrogens with zero attached hydrogens (tertiary/aromatic N) is 4. The molecule has 2 heterocycles. The van der Waals surface area contributed by atoms with Gasteiger partial charge in [0, 0.05) is 42.8 Å². The van der Waals surface area contributed by atoms with E-state index in [1.807, 2.05) is 18.2 Å². The number of hydrogen-bond acceptors (Lipinski definition) is 7. The van der Waals surface area contributed by atoms with E-state index in [4.69, 9.17) is 22.1 Å². The molecule has 3 aromatic rings. The third kappa shape index (κ3) is 5.15. The molecule has 2 aromatic carbocycles. The zero-order valence-electron chi connectivity index (χ0n) is 18.2. The molecule has 1 aliphatic heterocycles. The molecule has 0 radical (unpaired) electrons. The molecule has 33 heavy (non-hydrogen) atoms. The standard InChI is InChI=1S/C23H25ClN6O3/c1-33-13-20-23(32)29(12-15-2-7-18-19(10-15)27-14-28-22(18)25)8-9-30(20)21(31)11-26-17-5-3-16(24)4-6-17/h2-7,10,14,20,26H,8-9,11-13H2,1H3,(H2,25,27,28)/t20-/m0/s1. The van der Waals surface area contributed by atoms with Gasteiger partial charge in [0.25, 0.3) is 0 Å². The Morgan fingerprint density at radius 1 is 1.21 bits per heavy atom. The fourth-order valence-electron chi connectivity index (χ4n) is 3.90. The molecule has 10 heteroatoms. The average molecular weight is 469 g/mol. The number of carbonyl (C=O) groups is 2. The second-order valence-corrected chi connectivity index (χ2v) is 8.23. The molecule has 0 spiro atoms. The highest BCUT2D eigenvalue weighted by Crippen LogP contribution is 2.21. The number of nitrogen functional groups attached to an aromatic ring is 1. The topological polar surface area (TPSA) is 114 Å². The Morgan fingerprint density at radius 3 is 2.76 bits per heavy atom. The van der Waals surface area contributed by atoms with E-state index in [-0.39, 0.29) is 25.0 Å². The number of carbonyl (C=O) groups excluding carboxylic acids is 2. The second-order valence-electron chi connectivity index (χ2n) is 7.79. The quantitative estimate of drug-likeness (QED) is 0.546. The van der Waals surface area contributed by atoms with Gasteiger partial charge in [-0.3, -0.25) is 9.59 Å². The van der Waals surface area contributed by atoms with Crippen molar-refractivity contribution in [3.63, 3.8) is 0 Å². The van der Waals surface area contributed by atoms with Crippen molar-refractivity contribution in [2.45, 2.75) is 12.6 Å². The first-order valence-corrected chi connectivity index (χ1v) is 10.9. The van der Waals surface area contributed by atoms with Crippen LogP contribution in [0.3, 0.4) is 0 Å². The van der Waals surface area contributed by atoms with Crippen molar-refractivity contribution < 1.29 is 14.3 Å². The molecule has 1 saturated heterocycles. The lowest BCUT2D eigenvalue weighted by Crippen LogP contribution is -2.60. The third-order valence-corrected chi connectivity index (χ3v) is 5.87. The average Bonchev–Trinajstić information content (AvgIpc) is 2.81. The van der Waals surface area contributed by atoms with Gasteiger partial charge >= 0.3 is 0 Å². The predicted molar refractivity (Wildman–Crippen MR) is 127 cm³/mol. The molecule has 2 amide bonds. The van der Waals surface area contributed by atoms with Crippen molar-refractivity contribution in [2.75, 3.05) is 44.4 Å². The van der Waals surface area contributed by atoms with Crippen molar-refractivity contribution in [1.82, 2.24) is 19.8 Å². The Bertz CT molecular complexity index is 1160. The van der Waals surface area contributed by atoms with Crippen molar-refractivity contribution in [3.8, 4) is 0 Å². The summed E-state index contributed by atoms with van der Waals surface area (Å²) in [4.78, 5) is 37.7. The summed E-state index contributed by atoms with van der Waals surface area (Å²) >= 11 is 5.90. The lowest BCUT2D eigenvalue weighted by atomic mass is 10.1. The van der Waals surface area contributed by atoms with Crippen molar-refractivity contribution in [1.29, 1.82) is 0 Å². The summed E-state index contributed by atoms with van der Waals surface area (Å²) in [5.41, 5.74) is 8.33. The lowest BCUT2D eigenvalue weighted by Gasteiger charge is -2.40. The van der Waals surface area contributed by atoms with E-state index in [2.05, 4.69) is 15.3 Å². The Balaban J connectivity index is 1.43. The van der Waals surface area contributed by atoms with Gasteiger partial charge in [0.1, 0.15) is 18.2 Å². The van der Waals surface area contributed by atoms with Crippen LogP contribution in [0.15, 0.2) is 48.8 Å². The van der Waals surface area contributed by atoms with Gasteiger partial charge in [-0.2, -0.15) is 0 Å². The number of benzene rings is 2. The molecule has 0 saturated carbocycles. The molecule has 1 aliphatic rings. The highest BCUT2D eigenvalue weighted by atomic mass is 35.5. The summed E-state index contributed by atoms with van der Waals surface area (Å²) in [6.45, 7) is 1.45. The Hall–Kier alpha value is -3.43. The second kappa shape index (κ2) is 10.0. The minimum absolute atomic E-state index is 0.0704. The van der Waals surface area contributed by atoms with Gasteiger partial charge in [0.2, 0.25) is 11.8 Å². The van der Waals surface area contributed by atoms with E-state index in [0.29, 0.717) is 30.5 Å². The number of methoxy groups -OCH3 is 1. The van der Waals surface area contributed by atoms with Crippen LogP contribution < -0.4 is 11.1 Å². The van der Waals surface area contributed by atoms with E-state index in [9.17, 15) is 9.59 Å². The molecule has 0 unspecified atom stereocenters. The molecule has 1 aromatic heterocycles. The SMILES string of the molecule is COC[C@H]1C(=O)N(Cc2ccc3c(N)ncnc3c2)CCN1C(=O)CNc1ccc(Cl)cc1. The first kappa shape index (κ1) is 22.8. The number of rotatable bonds is 7. The monoisotopic (exact) mass is 468 g/mol. The largest absolute Gasteiger partial charge is 0.383 e. The number of anilines is 2. The normalized spacial score (nSPS) is 16.3. The van der Waals surface area contributed by atoms with Crippen LogP contribution >= 0.6 is 11.6 Å². The van der Waals surface area contributed by atoms with Crippen LogP contribution in [0.4, 0.5) is 11.5 Å². The molecule has 0 aliphatic carbocycles. The van der Waals surface area contributed by atoms with Gasteiger partial charge in [-0.25, -0.2) is 9.97 Å². The fraction of sp³-hybridized carbons (Fsp3) is 0.304. The van der Waals surface area contributed by atoms with Crippen LogP contribution in [-0.4, -0.2) is 71.0 Å². The number of aromatic nitrogens is 2. The van der Waals surface area contributed by atoms with Gasteiger partial charge in [-0.05, 0) is 42.0 Å². The van der Waals surface area contributed by atoms with Gasteiger partial charge in [-0.15, -0.1) is 0 Å². The number of amides is 2. The zero-order valence-corrected chi connectivity index (χ0v) is 19.0. The first-order valence-electron chi connectivity index (χ1n) is 10.5. The minimum atomic E-state index is -0.679. The Morgan fingerprint density at radius 2 is 2.00 bits per heavy atom. The van der Waals surface area contributed by atoms with Gasteiger partial charge < -0.3 is 25.6 Å². The molecular weight excluding hydrogens is 444 g/mol. The first-order chi connectivity index (χ1) is 16.0. The smallest absolute Gasteiger partial charge is 0.248 e. The minimum Gasteiger partial charge on any atom is -0.383 e. The third-order valence-electron chi connectivity index (χ3n) is 5.62. The van der Waals surface area contributed by atoms with E-state index in [0.717, 1.165) is 22.2 Å². The van der Waals surface area contributed by atoms with Crippen LogP contribution in [0, 0.1) is 0 Å². The number of halogens is 1. The molecule has 0 bridgehead atoms. The summed E-state index contributed by atoms with van der Waals surface area (Å²) in [6.07, 6.45) is 1.42. The summed E-state index contributed by atoms with van der Waals surface area (Å²) in [5.74, 6) is 0.102. The maximum atomic E-state index is 13.2. The summed E-state index contributed by atoms with van der Waals surface area (Å²) < 4.78 is 5.27. The van der Waals surface area contributed by atoms with E-state index < -0.39 is 6.04 Å². The summed E-state index contributed by atoms with van der Waals surface area (Å²) in [7, 11) is 1.52. The highest BCUT2D eigenvalue weighted by Gasteiger charge is 2.37. The van der Waals surface area contributed by atoms with Crippen molar-refractivity contribution >= 4 is 45.8 Å². The van der Waals surface area contributed by atoms with Crippen molar-refractivity contribution in [3.05, 3.63) is 59.4 Å².